The number of methoxy groups -OCH3 is 8. The number of anilines is 8. The Balaban J connectivity index is 0.000000144. The highest BCUT2D eigenvalue weighted by molar-refractivity contribution is 7.89. The molecule has 7 aromatic carbocycles. The monoisotopic (exact) mass is 2020 g/mol. The third-order valence-electron chi connectivity index (χ3n) is 25.3. The molecule has 6 aliphatic rings. The largest absolute Gasteiger partial charge is 0.495 e. The second kappa shape index (κ2) is 49.6. The summed E-state index contributed by atoms with van der Waals surface area (Å²) in [6, 6.07) is 43.7. The molecule has 2 unspecified atom stereocenters. The molecule has 5 saturated heterocycles. The summed E-state index contributed by atoms with van der Waals surface area (Å²) in [7, 11) is 11.9. The molecule has 11 heterocycles. The molecule has 0 bridgehead atoms. The molecular formula is C101H128N22O21S. The fourth-order valence-electron chi connectivity index (χ4n) is 17.4. The molecule has 12 aromatic rings. The van der Waals surface area contributed by atoms with Gasteiger partial charge in [-0.25, -0.2) is 33.3 Å². The van der Waals surface area contributed by atoms with Gasteiger partial charge >= 0.3 is 5.69 Å². The first-order valence-corrected chi connectivity index (χ1v) is 49.3. The van der Waals surface area contributed by atoms with Gasteiger partial charge in [-0.1, -0.05) is 42.5 Å². The van der Waals surface area contributed by atoms with Crippen molar-refractivity contribution in [2.45, 2.75) is 62.7 Å². The number of nitrogens with two attached hydrogens (primary N) is 4. The summed E-state index contributed by atoms with van der Waals surface area (Å²) in [6.07, 6.45) is 3.92. The van der Waals surface area contributed by atoms with Crippen molar-refractivity contribution in [2.75, 3.05) is 250 Å². The number of carbonyl (C=O) groups excluding carboxylic acids is 3. The maximum atomic E-state index is 13.0. The number of ether oxygens (including phenoxy) is 13. The van der Waals surface area contributed by atoms with Crippen molar-refractivity contribution < 1.29 is 88.8 Å². The molecule has 6 aliphatic heterocycles. The Labute approximate surface area is 840 Å². The third-order valence-corrected chi connectivity index (χ3v) is 26.3. The molecule has 0 spiro atoms. The normalized spacial score (nSPS) is 15.9. The Hall–Kier alpha value is -15.3. The smallest absolute Gasteiger partial charge is 0.332 e. The molecule has 0 radical (unpaired) electrons. The summed E-state index contributed by atoms with van der Waals surface area (Å²) >= 11 is 0. The zero-order valence-corrected chi connectivity index (χ0v) is 84.5. The van der Waals surface area contributed by atoms with Crippen molar-refractivity contribution >= 4 is 107 Å². The summed E-state index contributed by atoms with van der Waals surface area (Å²) < 4.78 is 102. The number of nitrogens with one attached hydrogen (secondary N) is 2. The number of amides is 3. The van der Waals surface area contributed by atoms with Crippen molar-refractivity contribution in [2.24, 2.45) is 19.2 Å². The number of hydrogen-bond acceptors (Lipinski definition) is 37. The van der Waals surface area contributed by atoms with Gasteiger partial charge in [0.2, 0.25) is 34.0 Å². The predicted octanol–water partition coefficient (Wildman–Crippen LogP) is 7.62. The van der Waals surface area contributed by atoms with E-state index in [1.165, 1.54) is 31.1 Å². The molecule has 43 nitrogen and oxygen atoms in total. The van der Waals surface area contributed by atoms with E-state index in [0.717, 1.165) is 79.3 Å². The third kappa shape index (κ3) is 26.2. The fraction of sp³-hybridized carbons (Fsp3) is 0.416. The summed E-state index contributed by atoms with van der Waals surface area (Å²) in [5.41, 5.74) is 22.0. The highest BCUT2D eigenvalue weighted by Crippen LogP contribution is 2.40. The Bertz CT molecular complexity index is 6690. The van der Waals surface area contributed by atoms with E-state index in [4.69, 9.17) is 88.3 Å². The van der Waals surface area contributed by atoms with Gasteiger partial charge in [-0.05, 0) is 131 Å². The van der Waals surface area contributed by atoms with E-state index in [-0.39, 0.29) is 58.4 Å². The second-order valence-electron chi connectivity index (χ2n) is 34.5. The average Bonchev–Trinajstić information content (AvgIpc) is 0.928. The van der Waals surface area contributed by atoms with Crippen LogP contribution < -0.4 is 121 Å². The zero-order chi connectivity index (χ0) is 103. The van der Waals surface area contributed by atoms with Crippen molar-refractivity contribution in [3.63, 3.8) is 0 Å². The highest BCUT2D eigenvalue weighted by atomic mass is 32.2. The average molecular weight is 2020 g/mol. The lowest BCUT2D eigenvalue weighted by Crippen LogP contribution is -2.54. The number of rotatable bonds is 30. The van der Waals surface area contributed by atoms with Gasteiger partial charge in [-0.2, -0.15) is 15.0 Å². The molecule has 10 N–H and O–H groups in total. The number of piperazine rings is 4. The predicted molar refractivity (Wildman–Crippen MR) is 551 cm³/mol. The van der Waals surface area contributed by atoms with Crippen LogP contribution >= 0.6 is 0 Å². The van der Waals surface area contributed by atoms with E-state index >= 15 is 0 Å². The van der Waals surface area contributed by atoms with Gasteiger partial charge in [0.25, 0.3) is 23.3 Å². The van der Waals surface area contributed by atoms with Gasteiger partial charge in [-0.15, -0.1) is 0 Å². The maximum Gasteiger partial charge on any atom is 0.332 e. The number of fused-ring (bicyclic) bond motifs is 4. The Kier molecular flexibility index (Phi) is 36.1. The van der Waals surface area contributed by atoms with Crippen LogP contribution in [0.25, 0.3) is 32.7 Å². The molecule has 3 amide bonds. The first-order chi connectivity index (χ1) is 70.1. The van der Waals surface area contributed by atoms with E-state index in [1.807, 2.05) is 100 Å². The standard InChI is InChI=1S/C23H25N5O5.C20H29N5O3.C20H28N2O5S.C19H25N5O4.C19H21N5O4/c1-30-18-11-14-15(12-19(18)31-2)25-23(26-21(14)24)28-9-7-27(8-10-28)22(29)20-13-32-16-5-3-4-6-17(16)33-20;1-22-18(15-19(26)23(2)20(22)27)21-9-6-10-24-11-13-25(14-12-24)16-7-4-5-8-17(16)28-3;1-4-26-17-7-5-6-8-18(17)27-12-11-22-15(2)13-16-9-10-19(25-3)20(14-16)28(21,23)24;2*1-26-15-10-12-13(11-16(15)27-2)21-19(22-17(12)20)24-7-5-23(6-8-24)18(25)14-4-3-9-28-14/h3-6,11-12,20H,7-10,13H2,1-2H3,(H2,24,25,26);4-5,7-8,15,21H,6,9-14H2,1-3H3;5-10,14-15,22H,4,11-13H2,1-3H3,(H2,21,23,24);10-11,14H,3-9H2,1-2H3,(H2,20,21,22);3-4,9-11H,5-8H2,1-2H3,(H2,20,21,22)/t;;15-;;/m..1../s1. The van der Waals surface area contributed by atoms with Crippen LogP contribution in [-0.2, 0) is 44.9 Å². The quantitative estimate of drug-likeness (QED) is 0.0236. The van der Waals surface area contributed by atoms with Crippen LogP contribution in [0.3, 0.4) is 0 Å². The van der Waals surface area contributed by atoms with Gasteiger partial charge in [0, 0.05) is 185 Å². The van der Waals surface area contributed by atoms with E-state index in [1.54, 1.807) is 133 Å². The van der Waals surface area contributed by atoms with Crippen LogP contribution in [0.2, 0.25) is 0 Å². The Morgan fingerprint density at radius 1 is 0.490 bits per heavy atom. The number of sulfonamides is 1. The number of carbonyl (C=O) groups is 3. The van der Waals surface area contributed by atoms with Crippen LogP contribution in [0.4, 0.5) is 46.8 Å². The summed E-state index contributed by atoms with van der Waals surface area (Å²) in [5.74, 6) is 10.8. The number of nitrogen functional groups attached to an aromatic ring is 3. The summed E-state index contributed by atoms with van der Waals surface area (Å²) in [4.78, 5) is 105. The van der Waals surface area contributed by atoms with E-state index in [9.17, 15) is 32.4 Å². The molecule has 5 aromatic heterocycles. The van der Waals surface area contributed by atoms with Crippen molar-refractivity contribution in [3.05, 3.63) is 184 Å². The molecule has 0 aliphatic carbocycles. The lowest BCUT2D eigenvalue weighted by Gasteiger charge is -2.37. The Morgan fingerprint density at radius 3 is 1.44 bits per heavy atom. The molecule has 18 rings (SSSR count). The second-order valence-corrected chi connectivity index (χ2v) is 36.0. The van der Waals surface area contributed by atoms with Crippen LogP contribution in [-0.4, -0.2) is 311 Å². The minimum absolute atomic E-state index is 0.00411. The van der Waals surface area contributed by atoms with Gasteiger partial charge < -0.3 is 128 Å². The number of nitrogens with zero attached hydrogens (tertiary/aromatic N) is 16. The molecule has 5 fully saturated rings. The summed E-state index contributed by atoms with van der Waals surface area (Å²) in [5, 5.41) is 14.0. The van der Waals surface area contributed by atoms with Crippen molar-refractivity contribution in [1.29, 1.82) is 0 Å². The minimum Gasteiger partial charge on any atom is -0.495 e. The minimum atomic E-state index is -3.84. The molecule has 44 heteroatoms. The number of furan rings is 1. The fourth-order valence-corrected chi connectivity index (χ4v) is 18.1. The molecule has 3 atom stereocenters. The van der Waals surface area contributed by atoms with Gasteiger partial charge in [-0.3, -0.25) is 33.2 Å². The van der Waals surface area contributed by atoms with Crippen LogP contribution in [0, 0.1) is 0 Å². The van der Waals surface area contributed by atoms with Gasteiger partial charge in [0.1, 0.15) is 59.0 Å². The van der Waals surface area contributed by atoms with Gasteiger partial charge in [0.15, 0.2) is 63.3 Å². The molecule has 145 heavy (non-hydrogen) atoms. The topological polar surface area (TPSA) is 494 Å². The lowest BCUT2D eigenvalue weighted by molar-refractivity contribution is -0.142. The van der Waals surface area contributed by atoms with E-state index in [0.29, 0.717) is 249 Å². The van der Waals surface area contributed by atoms with Crippen molar-refractivity contribution in [3.8, 4) is 69.0 Å². The first kappa shape index (κ1) is 106. The number of hydrogen-bond donors (Lipinski definition) is 6. The molecule has 0 saturated carbocycles. The number of primary sulfonamides is 1. The SMILES string of the molecule is CCOc1ccccc1OCCN[C@H](C)Cc1ccc(OC)c(S(N)(=O)=O)c1.COc1cc2nc(N3CCN(C(=O)C4CCCO4)CC3)nc(N)c2cc1OC.COc1cc2nc(N3CCN(C(=O)C4COc5ccccc5O4)CC3)nc(N)c2cc1OC.COc1cc2nc(N3CCN(C(=O)c4ccco4)CC3)nc(N)c2cc1OC.COc1ccccc1N1CCN(CCCNc2cc(=O)n(C)c(=O)n2C)CC1. The van der Waals surface area contributed by atoms with Crippen LogP contribution in [0.1, 0.15) is 49.2 Å². The zero-order valence-electron chi connectivity index (χ0n) is 83.7. The van der Waals surface area contributed by atoms with Crippen LogP contribution in [0.5, 0.6) is 69.0 Å². The van der Waals surface area contributed by atoms with Gasteiger partial charge in [0.05, 0.1) is 92.0 Å². The molecular weight excluding hydrogens is 1890 g/mol. The number of para-hydroxylation sites is 6. The first-order valence-electron chi connectivity index (χ1n) is 47.8. The number of aromatic nitrogens is 8. The van der Waals surface area contributed by atoms with Crippen molar-refractivity contribution in [1.82, 2.24) is 64.0 Å². The number of benzene rings is 7. The Morgan fingerprint density at radius 2 is 0.959 bits per heavy atom. The maximum absolute atomic E-state index is 13.0. The lowest BCUT2D eigenvalue weighted by atomic mass is 10.1. The highest BCUT2D eigenvalue weighted by Gasteiger charge is 2.36. The van der Waals surface area contributed by atoms with E-state index < -0.39 is 16.1 Å². The molecule has 774 valence electrons. The van der Waals surface area contributed by atoms with Crippen LogP contribution in [0.15, 0.2) is 171 Å². The van der Waals surface area contributed by atoms with E-state index in [2.05, 4.69) is 56.4 Å². The summed E-state index contributed by atoms with van der Waals surface area (Å²) in [6.45, 7) is 19.2.